The van der Waals surface area contributed by atoms with E-state index in [1.54, 1.807) is 6.92 Å². The van der Waals surface area contributed by atoms with Gasteiger partial charge in [0.05, 0.1) is 0 Å². The predicted molar refractivity (Wildman–Crippen MR) is 56.7 cm³/mol. The number of aromatic nitrogens is 3. The van der Waals surface area contributed by atoms with Crippen molar-refractivity contribution in [3.05, 3.63) is 5.82 Å². The molecule has 1 aliphatic rings. The largest absolute Gasteiger partial charge is 0.385 e. The lowest BCUT2D eigenvalue weighted by Crippen LogP contribution is -2.49. The van der Waals surface area contributed by atoms with Crippen LogP contribution in [-0.2, 0) is 0 Å². The number of nitrogens with one attached hydrogen (secondary N) is 2. The minimum absolute atomic E-state index is 0.451. The molecule has 1 aliphatic heterocycles. The van der Waals surface area contributed by atoms with Crippen molar-refractivity contribution in [2.75, 3.05) is 24.5 Å². The van der Waals surface area contributed by atoms with E-state index in [4.69, 9.17) is 0 Å². The number of anilines is 1. The van der Waals surface area contributed by atoms with Crippen LogP contribution in [0.4, 0.5) is 5.95 Å². The number of aliphatic hydroxyl groups excluding tert-OH is 1. The first-order chi connectivity index (χ1) is 7.16. The van der Waals surface area contributed by atoms with Crippen molar-refractivity contribution in [1.29, 1.82) is 0 Å². The first-order valence-corrected chi connectivity index (χ1v) is 5.25. The molecule has 6 heteroatoms. The zero-order valence-electron chi connectivity index (χ0n) is 9.06. The van der Waals surface area contributed by atoms with Crippen LogP contribution in [0.5, 0.6) is 0 Å². The number of nitrogens with zero attached hydrogens (tertiary/aromatic N) is 3. The van der Waals surface area contributed by atoms with E-state index in [1.807, 2.05) is 0 Å². The molecule has 3 N–H and O–H groups in total. The zero-order chi connectivity index (χ0) is 10.8. The molecule has 0 aliphatic carbocycles. The highest BCUT2D eigenvalue weighted by Crippen LogP contribution is 2.13. The Kier molecular flexibility index (Phi) is 2.88. The molecule has 1 aromatic rings. The van der Waals surface area contributed by atoms with Crippen molar-refractivity contribution in [3.8, 4) is 0 Å². The molecule has 2 atom stereocenters. The minimum Gasteiger partial charge on any atom is -0.385 e. The molecule has 15 heavy (non-hydrogen) atoms. The molecule has 0 radical (unpaired) electrons. The summed E-state index contributed by atoms with van der Waals surface area (Å²) >= 11 is 0. The Balaban J connectivity index is 2.08. The van der Waals surface area contributed by atoms with Crippen LogP contribution in [0.25, 0.3) is 0 Å². The molecule has 0 saturated carbocycles. The predicted octanol–water partition coefficient (Wildman–Crippen LogP) is -0.344. The molecule has 0 aromatic carbocycles. The Morgan fingerprint density at radius 2 is 2.40 bits per heavy atom. The van der Waals surface area contributed by atoms with E-state index in [-0.39, 0.29) is 0 Å². The molecule has 1 unspecified atom stereocenters. The summed E-state index contributed by atoms with van der Waals surface area (Å²) in [7, 11) is 0. The van der Waals surface area contributed by atoms with Gasteiger partial charge in [0.1, 0.15) is 6.10 Å². The number of aromatic amines is 1. The summed E-state index contributed by atoms with van der Waals surface area (Å²) in [5, 5.41) is 19.5. The van der Waals surface area contributed by atoms with Crippen LogP contribution in [0, 0.1) is 0 Å². The van der Waals surface area contributed by atoms with Gasteiger partial charge in [-0.3, -0.25) is 5.10 Å². The summed E-state index contributed by atoms with van der Waals surface area (Å²) in [6.07, 6.45) is -0.591. The van der Waals surface area contributed by atoms with Gasteiger partial charge in [-0.15, -0.1) is 5.10 Å². The third-order valence-corrected chi connectivity index (χ3v) is 2.54. The quantitative estimate of drug-likeness (QED) is 0.623. The number of H-pyrrole nitrogens is 1. The molecule has 1 aromatic heterocycles. The molecular formula is C9H17N5O. The van der Waals surface area contributed by atoms with Crippen LogP contribution in [0.1, 0.15) is 25.8 Å². The van der Waals surface area contributed by atoms with Gasteiger partial charge in [0, 0.05) is 25.7 Å². The van der Waals surface area contributed by atoms with Crippen LogP contribution in [0.3, 0.4) is 0 Å². The fourth-order valence-corrected chi connectivity index (χ4v) is 1.71. The number of aliphatic hydroxyl groups is 1. The van der Waals surface area contributed by atoms with Gasteiger partial charge < -0.3 is 15.3 Å². The van der Waals surface area contributed by atoms with E-state index in [0.717, 1.165) is 19.6 Å². The molecule has 0 amide bonds. The molecular weight excluding hydrogens is 194 g/mol. The minimum atomic E-state index is -0.591. The second-order valence-electron chi connectivity index (χ2n) is 4.00. The number of hydrogen-bond donors (Lipinski definition) is 3. The van der Waals surface area contributed by atoms with Crippen molar-refractivity contribution in [1.82, 2.24) is 20.5 Å². The second-order valence-corrected chi connectivity index (χ2v) is 4.00. The monoisotopic (exact) mass is 211 g/mol. The number of rotatable bonds is 2. The summed E-state index contributed by atoms with van der Waals surface area (Å²) in [6.45, 7) is 6.55. The molecule has 1 saturated heterocycles. The summed E-state index contributed by atoms with van der Waals surface area (Å²) in [5.74, 6) is 1.20. The molecule has 2 heterocycles. The maximum absolute atomic E-state index is 9.32. The zero-order valence-corrected chi connectivity index (χ0v) is 9.06. The van der Waals surface area contributed by atoms with Crippen molar-refractivity contribution >= 4 is 5.95 Å². The van der Waals surface area contributed by atoms with Crippen molar-refractivity contribution < 1.29 is 5.11 Å². The Morgan fingerprint density at radius 3 is 3.00 bits per heavy atom. The fraction of sp³-hybridized carbons (Fsp3) is 0.778. The maximum Gasteiger partial charge on any atom is 0.244 e. The number of hydrogen-bond acceptors (Lipinski definition) is 5. The van der Waals surface area contributed by atoms with E-state index in [1.165, 1.54) is 0 Å². The molecule has 1 fully saturated rings. The lowest BCUT2D eigenvalue weighted by Gasteiger charge is -2.30. The highest BCUT2D eigenvalue weighted by atomic mass is 16.3. The van der Waals surface area contributed by atoms with Gasteiger partial charge in [0.25, 0.3) is 0 Å². The molecule has 0 spiro atoms. The van der Waals surface area contributed by atoms with Gasteiger partial charge in [-0.2, -0.15) is 4.98 Å². The molecule has 2 rings (SSSR count). The van der Waals surface area contributed by atoms with Crippen LogP contribution < -0.4 is 10.2 Å². The summed E-state index contributed by atoms with van der Waals surface area (Å²) in [5.41, 5.74) is 0. The summed E-state index contributed by atoms with van der Waals surface area (Å²) in [6, 6.07) is 0.451. The van der Waals surface area contributed by atoms with Gasteiger partial charge in [-0.1, -0.05) is 0 Å². The highest BCUT2D eigenvalue weighted by Gasteiger charge is 2.19. The van der Waals surface area contributed by atoms with E-state index < -0.39 is 6.10 Å². The number of piperazine rings is 1. The fourth-order valence-electron chi connectivity index (χ4n) is 1.71. The standard InChI is InChI=1S/C9H17N5O/c1-6-5-14(4-3-10-6)9-11-8(7(2)15)12-13-9/h6-7,10,15H,3-5H2,1-2H3,(H,11,12,13)/t6-,7?/m1/s1. The molecule has 0 bridgehead atoms. The van der Waals surface area contributed by atoms with Gasteiger partial charge in [-0.25, -0.2) is 0 Å². The average Bonchev–Trinajstić information content (AvgIpc) is 2.66. The van der Waals surface area contributed by atoms with E-state index in [9.17, 15) is 5.11 Å². The van der Waals surface area contributed by atoms with Gasteiger partial charge in [0.2, 0.25) is 5.95 Å². The first-order valence-electron chi connectivity index (χ1n) is 5.25. The van der Waals surface area contributed by atoms with Crippen LogP contribution in [0.15, 0.2) is 0 Å². The third-order valence-electron chi connectivity index (χ3n) is 2.54. The lowest BCUT2D eigenvalue weighted by molar-refractivity contribution is 0.189. The van der Waals surface area contributed by atoms with Crippen molar-refractivity contribution in [2.24, 2.45) is 0 Å². The normalized spacial score (nSPS) is 24.2. The second kappa shape index (κ2) is 4.16. The Hall–Kier alpha value is -1.14. The Labute approximate surface area is 88.7 Å². The Bertz CT molecular complexity index is 324. The summed E-state index contributed by atoms with van der Waals surface area (Å²) < 4.78 is 0. The topological polar surface area (TPSA) is 77.1 Å². The van der Waals surface area contributed by atoms with Crippen LogP contribution >= 0.6 is 0 Å². The smallest absolute Gasteiger partial charge is 0.244 e. The lowest BCUT2D eigenvalue weighted by atomic mass is 10.2. The average molecular weight is 211 g/mol. The van der Waals surface area contributed by atoms with Crippen molar-refractivity contribution in [2.45, 2.75) is 26.0 Å². The van der Waals surface area contributed by atoms with Gasteiger partial charge in [-0.05, 0) is 13.8 Å². The maximum atomic E-state index is 9.32. The SMILES string of the molecule is CC(O)c1nc(N2CCN[C@H](C)C2)n[nH]1. The summed E-state index contributed by atoms with van der Waals surface area (Å²) in [4.78, 5) is 6.36. The van der Waals surface area contributed by atoms with Crippen LogP contribution in [0.2, 0.25) is 0 Å². The Morgan fingerprint density at radius 1 is 1.60 bits per heavy atom. The van der Waals surface area contributed by atoms with Crippen molar-refractivity contribution in [3.63, 3.8) is 0 Å². The van der Waals surface area contributed by atoms with E-state index in [0.29, 0.717) is 17.8 Å². The molecule has 84 valence electrons. The molecule has 6 nitrogen and oxygen atoms in total. The third kappa shape index (κ3) is 2.27. The van der Waals surface area contributed by atoms with E-state index >= 15 is 0 Å². The van der Waals surface area contributed by atoms with Gasteiger partial charge in [0.15, 0.2) is 5.82 Å². The first kappa shape index (κ1) is 10.4. The van der Waals surface area contributed by atoms with Crippen LogP contribution in [-0.4, -0.2) is 46.0 Å². The van der Waals surface area contributed by atoms with Gasteiger partial charge >= 0.3 is 0 Å². The van der Waals surface area contributed by atoms with E-state index in [2.05, 4.69) is 32.3 Å². The highest BCUT2D eigenvalue weighted by molar-refractivity contribution is 5.30.